The van der Waals surface area contributed by atoms with Gasteiger partial charge in [0.05, 0.1) is 12.3 Å². The van der Waals surface area contributed by atoms with Crippen molar-refractivity contribution in [2.75, 3.05) is 12.4 Å². The van der Waals surface area contributed by atoms with Crippen LogP contribution in [0.25, 0.3) is 0 Å². The molecule has 140 valence electrons. The summed E-state index contributed by atoms with van der Waals surface area (Å²) in [5.41, 5.74) is 1.62. The molecule has 1 aromatic heterocycles. The van der Waals surface area contributed by atoms with Gasteiger partial charge in [-0.05, 0) is 17.7 Å². The van der Waals surface area contributed by atoms with E-state index in [0.717, 1.165) is 15.7 Å². The number of thioether (sulfide) groups is 1. The molecule has 0 spiro atoms. The number of fused-ring (bicyclic) bond motifs is 1. The van der Waals surface area contributed by atoms with Crippen molar-refractivity contribution in [2.24, 2.45) is 5.10 Å². The number of benzene rings is 1. The molecule has 0 fully saturated rings. The topological polar surface area (TPSA) is 144 Å². The van der Waals surface area contributed by atoms with E-state index in [1.165, 1.54) is 16.4 Å². The zero-order chi connectivity index (χ0) is 18.8. The van der Waals surface area contributed by atoms with Crippen LogP contribution in [-0.4, -0.2) is 76.8 Å². The van der Waals surface area contributed by atoms with E-state index in [1.807, 2.05) is 24.3 Å². The largest absolute Gasteiger partial charge is 0.394 e. The van der Waals surface area contributed by atoms with Crippen molar-refractivity contribution in [3.05, 3.63) is 40.1 Å². The lowest BCUT2D eigenvalue weighted by atomic mass is 10.0. The van der Waals surface area contributed by atoms with Crippen molar-refractivity contribution in [2.45, 2.75) is 29.6 Å². The normalized spacial score (nSPS) is 18.6. The first-order valence-electron chi connectivity index (χ1n) is 7.67. The quantitative estimate of drug-likeness (QED) is 0.401. The average Bonchev–Trinajstić information content (AvgIpc) is 3.09. The molecule has 0 saturated heterocycles. The number of rotatable bonds is 6. The van der Waals surface area contributed by atoms with Crippen LogP contribution >= 0.6 is 27.7 Å². The molecule has 4 atom stereocenters. The third-order valence-electron chi connectivity index (χ3n) is 3.89. The first-order chi connectivity index (χ1) is 12.4. The van der Waals surface area contributed by atoms with Gasteiger partial charge >= 0.3 is 0 Å². The van der Waals surface area contributed by atoms with Gasteiger partial charge in [0.1, 0.15) is 24.4 Å². The Kier molecular flexibility index (Phi) is 6.07. The molecule has 0 aliphatic carbocycles. The Balaban J connectivity index is 1.89. The lowest BCUT2D eigenvalue weighted by Crippen LogP contribution is -2.43. The molecule has 26 heavy (non-hydrogen) atoms. The standard InChI is InChI=1S/C15H17BrN4O5S/c16-8-3-1-7(2-4-8)9-6-26-15-18-17-14(20(15)19-9)13(25)12(24)11(23)10(22)5-21/h1-4,10-13,21-25H,5-6H2/t10-,11-,12+,13-/m1/s1. The van der Waals surface area contributed by atoms with Crippen molar-refractivity contribution in [3.63, 3.8) is 0 Å². The van der Waals surface area contributed by atoms with Crippen LogP contribution in [0.1, 0.15) is 17.5 Å². The number of aliphatic hydroxyl groups is 5. The van der Waals surface area contributed by atoms with E-state index in [1.54, 1.807) is 0 Å². The minimum atomic E-state index is -1.77. The number of hydrogen-bond donors (Lipinski definition) is 5. The van der Waals surface area contributed by atoms with E-state index < -0.39 is 31.0 Å². The molecule has 0 unspecified atom stereocenters. The van der Waals surface area contributed by atoms with Crippen LogP contribution in [0.5, 0.6) is 0 Å². The molecule has 3 rings (SSSR count). The van der Waals surface area contributed by atoms with Crippen LogP contribution < -0.4 is 0 Å². The molecule has 0 amide bonds. The number of aromatic nitrogens is 3. The van der Waals surface area contributed by atoms with Gasteiger partial charge in [-0.25, -0.2) is 0 Å². The van der Waals surface area contributed by atoms with Gasteiger partial charge in [-0.1, -0.05) is 39.8 Å². The molecule has 5 N–H and O–H groups in total. The van der Waals surface area contributed by atoms with E-state index in [9.17, 15) is 20.4 Å². The second-order valence-electron chi connectivity index (χ2n) is 5.67. The van der Waals surface area contributed by atoms with E-state index in [-0.39, 0.29) is 5.82 Å². The maximum Gasteiger partial charge on any atom is 0.212 e. The predicted molar refractivity (Wildman–Crippen MR) is 96.9 cm³/mol. The van der Waals surface area contributed by atoms with E-state index in [4.69, 9.17) is 5.11 Å². The smallest absolute Gasteiger partial charge is 0.212 e. The molecule has 1 aromatic carbocycles. The van der Waals surface area contributed by atoms with Crippen molar-refractivity contribution in [1.29, 1.82) is 0 Å². The van der Waals surface area contributed by atoms with Gasteiger partial charge in [-0.15, -0.1) is 10.2 Å². The van der Waals surface area contributed by atoms with Crippen LogP contribution in [0.2, 0.25) is 0 Å². The summed E-state index contributed by atoms with van der Waals surface area (Å²) in [6, 6.07) is 7.56. The molecule has 0 saturated carbocycles. The van der Waals surface area contributed by atoms with E-state index in [2.05, 4.69) is 31.2 Å². The Hall–Kier alpha value is -1.34. The summed E-state index contributed by atoms with van der Waals surface area (Å²) in [5.74, 6) is 0.489. The first-order valence-corrected chi connectivity index (χ1v) is 9.45. The van der Waals surface area contributed by atoms with Gasteiger partial charge in [-0.3, -0.25) is 0 Å². The minimum absolute atomic E-state index is 0.0708. The van der Waals surface area contributed by atoms with Crippen LogP contribution in [0.4, 0.5) is 0 Å². The second-order valence-corrected chi connectivity index (χ2v) is 7.53. The van der Waals surface area contributed by atoms with Gasteiger partial charge in [-0.2, -0.15) is 9.78 Å². The van der Waals surface area contributed by atoms with Crippen molar-refractivity contribution in [1.82, 2.24) is 14.9 Å². The first kappa shape index (κ1) is 19.4. The number of hydrogen-bond acceptors (Lipinski definition) is 9. The highest BCUT2D eigenvalue weighted by Gasteiger charge is 2.35. The molecule has 1 aliphatic rings. The summed E-state index contributed by atoms with van der Waals surface area (Å²) in [4.78, 5) is 0. The number of nitrogens with zero attached hydrogens (tertiary/aromatic N) is 4. The lowest BCUT2D eigenvalue weighted by molar-refractivity contribution is -0.118. The molecule has 9 nitrogen and oxygen atoms in total. The van der Waals surface area contributed by atoms with Crippen molar-refractivity contribution < 1.29 is 25.5 Å². The summed E-state index contributed by atoms with van der Waals surface area (Å²) in [6.45, 7) is -0.759. The SMILES string of the molecule is OC[C@@H](O)[C@@H](O)[C@H](O)[C@@H](O)c1nnc2n1N=C(c1ccc(Br)cc1)CS2. The maximum absolute atomic E-state index is 10.3. The van der Waals surface area contributed by atoms with E-state index in [0.29, 0.717) is 10.9 Å². The molecular weight excluding hydrogens is 428 g/mol. The van der Waals surface area contributed by atoms with Crippen LogP contribution in [0.15, 0.2) is 39.0 Å². The van der Waals surface area contributed by atoms with Gasteiger partial charge in [0.15, 0.2) is 5.82 Å². The predicted octanol–water partition coefficient (Wildman–Crippen LogP) is -0.493. The monoisotopic (exact) mass is 444 g/mol. The molecule has 1 aliphatic heterocycles. The Morgan fingerprint density at radius 2 is 1.77 bits per heavy atom. The molecule has 0 radical (unpaired) electrons. The average molecular weight is 445 g/mol. The van der Waals surface area contributed by atoms with Crippen molar-refractivity contribution >= 4 is 33.4 Å². The summed E-state index contributed by atoms with van der Waals surface area (Å²) in [6.07, 6.45) is -6.78. The third-order valence-corrected chi connectivity index (χ3v) is 5.35. The molecule has 11 heteroatoms. The molecule has 0 bridgehead atoms. The van der Waals surface area contributed by atoms with Gasteiger partial charge in [0.25, 0.3) is 0 Å². The van der Waals surface area contributed by atoms with Gasteiger partial charge in [0, 0.05) is 10.2 Å². The Morgan fingerprint density at radius 3 is 2.42 bits per heavy atom. The highest BCUT2D eigenvalue weighted by molar-refractivity contribution is 9.10. The summed E-state index contributed by atoms with van der Waals surface area (Å²) in [7, 11) is 0. The van der Waals surface area contributed by atoms with E-state index >= 15 is 0 Å². The lowest BCUT2D eigenvalue weighted by Gasteiger charge is -2.25. The zero-order valence-corrected chi connectivity index (χ0v) is 15.7. The van der Waals surface area contributed by atoms with Crippen LogP contribution in [0.3, 0.4) is 0 Å². The molecule has 2 aromatic rings. The third kappa shape index (κ3) is 3.83. The Bertz CT molecular complexity index is 800. The fourth-order valence-corrected chi connectivity index (χ4v) is 3.50. The molecule has 2 heterocycles. The van der Waals surface area contributed by atoms with Crippen LogP contribution in [-0.2, 0) is 0 Å². The summed E-state index contributed by atoms with van der Waals surface area (Å²) < 4.78 is 2.24. The van der Waals surface area contributed by atoms with Gasteiger partial charge < -0.3 is 25.5 Å². The molecular formula is C15H17BrN4O5S. The highest BCUT2D eigenvalue weighted by atomic mass is 79.9. The number of halogens is 1. The second kappa shape index (κ2) is 8.13. The van der Waals surface area contributed by atoms with Crippen molar-refractivity contribution in [3.8, 4) is 0 Å². The Morgan fingerprint density at radius 1 is 1.08 bits per heavy atom. The van der Waals surface area contributed by atoms with Gasteiger partial charge in [0.2, 0.25) is 5.16 Å². The maximum atomic E-state index is 10.3. The fourth-order valence-electron chi connectivity index (χ4n) is 2.39. The Labute approximate surface area is 161 Å². The van der Waals surface area contributed by atoms with Crippen LogP contribution in [0, 0.1) is 0 Å². The number of aliphatic hydroxyl groups excluding tert-OH is 5. The fraction of sp³-hybridized carbons (Fsp3) is 0.400. The highest BCUT2D eigenvalue weighted by Crippen LogP contribution is 2.28. The minimum Gasteiger partial charge on any atom is -0.394 e. The summed E-state index contributed by atoms with van der Waals surface area (Å²) in [5, 5.41) is 61.1. The summed E-state index contributed by atoms with van der Waals surface area (Å²) >= 11 is 4.74. The zero-order valence-electron chi connectivity index (χ0n) is 13.3.